The van der Waals surface area contributed by atoms with Crippen molar-refractivity contribution in [2.75, 3.05) is 46.9 Å². The van der Waals surface area contributed by atoms with Gasteiger partial charge in [0, 0.05) is 38.4 Å². The van der Waals surface area contributed by atoms with Gasteiger partial charge in [0.05, 0.1) is 25.5 Å². The van der Waals surface area contributed by atoms with E-state index in [9.17, 15) is 10.2 Å². The maximum absolute atomic E-state index is 10.4. The third-order valence-corrected chi connectivity index (χ3v) is 5.93. The Morgan fingerprint density at radius 1 is 1.19 bits per heavy atom. The molecule has 8 nitrogen and oxygen atoms in total. The summed E-state index contributed by atoms with van der Waals surface area (Å²) < 4.78 is 13.4. The summed E-state index contributed by atoms with van der Waals surface area (Å²) >= 11 is 0. The van der Waals surface area contributed by atoms with Crippen LogP contribution in [-0.4, -0.2) is 88.9 Å². The largest absolute Gasteiger partial charge is 0.493 e. The molecule has 0 aliphatic carbocycles. The predicted molar refractivity (Wildman–Crippen MR) is 124 cm³/mol. The van der Waals surface area contributed by atoms with Crippen LogP contribution in [0.25, 0.3) is 0 Å². The molecule has 0 bridgehead atoms. The van der Waals surface area contributed by atoms with Crippen LogP contribution < -0.4 is 9.47 Å². The van der Waals surface area contributed by atoms with Crippen molar-refractivity contribution in [3.05, 3.63) is 41.2 Å². The smallest absolute Gasteiger partial charge is 0.161 e. The Kier molecular flexibility index (Phi) is 8.92. The minimum atomic E-state index is -0.588. The highest BCUT2D eigenvalue weighted by Crippen LogP contribution is 2.28. The zero-order chi connectivity index (χ0) is 23.1. The van der Waals surface area contributed by atoms with E-state index in [1.54, 1.807) is 7.11 Å². The van der Waals surface area contributed by atoms with Gasteiger partial charge in [-0.3, -0.25) is 4.68 Å². The van der Waals surface area contributed by atoms with Gasteiger partial charge in [-0.15, -0.1) is 0 Å². The summed E-state index contributed by atoms with van der Waals surface area (Å²) in [5, 5.41) is 24.5. The standard InChI is InChI=1S/C24H38N4O4/c1-18-13-19(2)28(25-18)12-11-26(3)15-20-5-6-23(24(14-20)31-4)32-17-22(30)16-27-9-7-21(29)8-10-27/h5-6,13-14,21-22,29-30H,7-12,15-17H2,1-4H3. The van der Waals surface area contributed by atoms with E-state index in [1.165, 1.54) is 5.69 Å². The molecule has 1 atom stereocenters. The van der Waals surface area contributed by atoms with Crippen LogP contribution >= 0.6 is 0 Å². The van der Waals surface area contributed by atoms with Gasteiger partial charge in [0.15, 0.2) is 11.5 Å². The molecular weight excluding hydrogens is 408 g/mol. The zero-order valence-electron chi connectivity index (χ0n) is 19.8. The van der Waals surface area contributed by atoms with Crippen molar-refractivity contribution < 1.29 is 19.7 Å². The van der Waals surface area contributed by atoms with Crippen molar-refractivity contribution >= 4 is 0 Å². The molecule has 2 aromatic rings. The predicted octanol–water partition coefficient (Wildman–Crippen LogP) is 1.84. The molecule has 1 aliphatic rings. The van der Waals surface area contributed by atoms with Gasteiger partial charge in [-0.05, 0) is 57.5 Å². The quantitative estimate of drug-likeness (QED) is 0.545. The molecule has 1 aromatic carbocycles. The van der Waals surface area contributed by atoms with Crippen molar-refractivity contribution in [2.24, 2.45) is 0 Å². The molecule has 1 unspecified atom stereocenters. The molecule has 32 heavy (non-hydrogen) atoms. The number of rotatable bonds is 11. The van der Waals surface area contributed by atoms with Gasteiger partial charge in [-0.25, -0.2) is 0 Å². The molecule has 0 spiro atoms. The molecule has 2 heterocycles. The van der Waals surface area contributed by atoms with E-state index in [-0.39, 0.29) is 12.7 Å². The number of hydrogen-bond acceptors (Lipinski definition) is 7. The average molecular weight is 447 g/mol. The molecule has 2 N–H and O–H groups in total. The fourth-order valence-corrected chi connectivity index (χ4v) is 4.13. The lowest BCUT2D eigenvalue weighted by atomic mass is 10.1. The van der Waals surface area contributed by atoms with Gasteiger partial charge >= 0.3 is 0 Å². The second-order valence-electron chi connectivity index (χ2n) is 8.87. The summed E-state index contributed by atoms with van der Waals surface area (Å²) in [6.07, 6.45) is 0.729. The number of likely N-dealkylation sites (N-methyl/N-ethyl adjacent to an activating group) is 1. The van der Waals surface area contributed by atoms with Crippen LogP contribution in [0.2, 0.25) is 0 Å². The van der Waals surface area contributed by atoms with Gasteiger partial charge < -0.3 is 29.5 Å². The number of likely N-dealkylation sites (tertiary alicyclic amines) is 1. The molecule has 0 radical (unpaired) electrons. The van der Waals surface area contributed by atoms with Crippen LogP contribution in [0.15, 0.2) is 24.3 Å². The number of aromatic nitrogens is 2. The summed E-state index contributed by atoms with van der Waals surface area (Å²) in [6, 6.07) is 8.04. The molecule has 1 aromatic heterocycles. The van der Waals surface area contributed by atoms with E-state index in [0.717, 1.165) is 56.8 Å². The van der Waals surface area contributed by atoms with Crippen molar-refractivity contribution in [3.63, 3.8) is 0 Å². The number of piperidine rings is 1. The lowest BCUT2D eigenvalue weighted by Crippen LogP contribution is -2.41. The van der Waals surface area contributed by atoms with Crippen molar-refractivity contribution in [1.82, 2.24) is 19.6 Å². The van der Waals surface area contributed by atoms with Gasteiger partial charge in [0.25, 0.3) is 0 Å². The fraction of sp³-hybridized carbons (Fsp3) is 0.625. The van der Waals surface area contributed by atoms with Crippen LogP contribution in [0.5, 0.6) is 11.5 Å². The number of aliphatic hydroxyl groups is 2. The van der Waals surface area contributed by atoms with Crippen LogP contribution in [0.1, 0.15) is 29.8 Å². The Hall–Kier alpha value is -2.13. The number of benzene rings is 1. The monoisotopic (exact) mass is 446 g/mol. The summed E-state index contributed by atoms with van der Waals surface area (Å²) in [5.74, 6) is 1.30. The Morgan fingerprint density at radius 2 is 1.94 bits per heavy atom. The normalized spacial score (nSPS) is 16.5. The topological polar surface area (TPSA) is 83.2 Å². The summed E-state index contributed by atoms with van der Waals surface area (Å²) in [6.45, 7) is 9.00. The molecule has 178 valence electrons. The maximum atomic E-state index is 10.4. The van der Waals surface area contributed by atoms with E-state index in [0.29, 0.717) is 18.0 Å². The minimum absolute atomic E-state index is 0.206. The molecule has 0 amide bonds. The number of nitrogens with zero attached hydrogens (tertiary/aromatic N) is 4. The number of aliphatic hydroxyl groups excluding tert-OH is 2. The van der Waals surface area contributed by atoms with E-state index >= 15 is 0 Å². The lowest BCUT2D eigenvalue weighted by Gasteiger charge is -2.30. The van der Waals surface area contributed by atoms with Crippen molar-refractivity contribution in [1.29, 1.82) is 0 Å². The average Bonchev–Trinajstić information content (AvgIpc) is 3.09. The van der Waals surface area contributed by atoms with Crippen LogP contribution in [0.3, 0.4) is 0 Å². The van der Waals surface area contributed by atoms with Crippen molar-refractivity contribution in [3.8, 4) is 11.5 Å². The third kappa shape index (κ3) is 7.20. The first-order valence-corrected chi connectivity index (χ1v) is 11.4. The van der Waals surface area contributed by atoms with Crippen LogP contribution in [0.4, 0.5) is 0 Å². The SMILES string of the molecule is COc1cc(CN(C)CCn2nc(C)cc2C)ccc1OCC(O)CN1CCC(O)CC1. The van der Waals surface area contributed by atoms with E-state index < -0.39 is 6.10 Å². The highest BCUT2D eigenvalue weighted by molar-refractivity contribution is 5.43. The highest BCUT2D eigenvalue weighted by Gasteiger charge is 2.20. The van der Waals surface area contributed by atoms with E-state index in [1.807, 2.05) is 29.8 Å². The number of β-amino-alcohol motifs (C(OH)–C–C–N with tert-alkyl or cyclic N) is 1. The Balaban J connectivity index is 1.47. The lowest BCUT2D eigenvalue weighted by molar-refractivity contribution is 0.0333. The van der Waals surface area contributed by atoms with E-state index in [4.69, 9.17) is 9.47 Å². The fourth-order valence-electron chi connectivity index (χ4n) is 4.13. The number of ether oxygens (including phenoxy) is 2. The third-order valence-electron chi connectivity index (χ3n) is 5.93. The zero-order valence-corrected chi connectivity index (χ0v) is 19.8. The van der Waals surface area contributed by atoms with Gasteiger partial charge in [-0.2, -0.15) is 5.10 Å². The van der Waals surface area contributed by atoms with Gasteiger partial charge in [-0.1, -0.05) is 6.07 Å². The molecule has 3 rings (SSSR count). The van der Waals surface area contributed by atoms with Crippen LogP contribution in [0, 0.1) is 13.8 Å². The van der Waals surface area contributed by atoms with Gasteiger partial charge in [0.2, 0.25) is 0 Å². The molecule has 1 fully saturated rings. The Bertz CT molecular complexity index is 849. The maximum Gasteiger partial charge on any atom is 0.161 e. The summed E-state index contributed by atoms with van der Waals surface area (Å²) in [4.78, 5) is 4.42. The minimum Gasteiger partial charge on any atom is -0.493 e. The first-order valence-electron chi connectivity index (χ1n) is 11.4. The number of aryl methyl sites for hydroxylation is 2. The van der Waals surface area contributed by atoms with Crippen LogP contribution in [-0.2, 0) is 13.1 Å². The Morgan fingerprint density at radius 3 is 2.59 bits per heavy atom. The second-order valence-corrected chi connectivity index (χ2v) is 8.87. The summed E-state index contributed by atoms with van der Waals surface area (Å²) in [5.41, 5.74) is 3.36. The molecule has 0 saturated carbocycles. The van der Waals surface area contributed by atoms with Gasteiger partial charge in [0.1, 0.15) is 12.7 Å². The number of methoxy groups -OCH3 is 1. The molecular formula is C24H38N4O4. The van der Waals surface area contributed by atoms with Crippen molar-refractivity contribution in [2.45, 2.75) is 52.0 Å². The summed E-state index contributed by atoms with van der Waals surface area (Å²) in [7, 11) is 3.73. The molecule has 1 saturated heterocycles. The number of hydrogen-bond donors (Lipinski definition) is 2. The highest BCUT2D eigenvalue weighted by atomic mass is 16.5. The first-order chi connectivity index (χ1) is 15.3. The first kappa shape index (κ1) is 24.5. The second kappa shape index (κ2) is 11.7. The van der Waals surface area contributed by atoms with E-state index in [2.05, 4.69) is 34.9 Å². The Labute approximate surface area is 191 Å². The molecule has 1 aliphatic heterocycles. The molecule has 8 heteroatoms.